The maximum absolute atomic E-state index is 14.1. The summed E-state index contributed by atoms with van der Waals surface area (Å²) in [6.07, 6.45) is 2.28. The van der Waals surface area contributed by atoms with Crippen LogP contribution in [0.4, 0.5) is 5.69 Å². The van der Waals surface area contributed by atoms with Gasteiger partial charge in [0.2, 0.25) is 17.7 Å². The van der Waals surface area contributed by atoms with Crippen LogP contribution >= 0.6 is 0 Å². The van der Waals surface area contributed by atoms with Crippen LogP contribution in [0.1, 0.15) is 46.5 Å². The molecule has 3 amide bonds. The van der Waals surface area contributed by atoms with Crippen LogP contribution in [0.3, 0.4) is 0 Å². The number of hydrogen-bond donors (Lipinski definition) is 3. The third-order valence-electron chi connectivity index (χ3n) is 8.70. The van der Waals surface area contributed by atoms with Gasteiger partial charge in [-0.15, -0.1) is 0 Å². The van der Waals surface area contributed by atoms with Gasteiger partial charge in [0, 0.05) is 12.2 Å². The topological polar surface area (TPSA) is 108 Å². The fourth-order valence-corrected chi connectivity index (χ4v) is 6.71. The van der Waals surface area contributed by atoms with Crippen molar-refractivity contribution in [3.63, 3.8) is 0 Å². The highest BCUT2D eigenvalue weighted by Gasteiger charge is 2.75. The number of rotatable bonds is 9. The summed E-state index contributed by atoms with van der Waals surface area (Å²) < 4.78 is 6.48. The number of anilines is 1. The van der Waals surface area contributed by atoms with Gasteiger partial charge in [-0.2, -0.15) is 0 Å². The molecule has 0 aromatic heterocycles. The van der Waals surface area contributed by atoms with Gasteiger partial charge in [-0.1, -0.05) is 57.5 Å². The van der Waals surface area contributed by atoms with Crippen LogP contribution in [0.15, 0.2) is 42.5 Å². The van der Waals surface area contributed by atoms with Crippen molar-refractivity contribution in [3.8, 4) is 0 Å². The number of nitrogens with zero attached hydrogens (tertiary/aromatic N) is 1. The number of likely N-dealkylation sites (tertiary alicyclic amines) is 1. The smallest absolute Gasteiger partial charge is 0.250 e. The van der Waals surface area contributed by atoms with Crippen LogP contribution in [-0.2, 0) is 19.1 Å². The summed E-state index contributed by atoms with van der Waals surface area (Å²) in [6, 6.07) is 12.1. The lowest BCUT2D eigenvalue weighted by Gasteiger charge is -2.38. The molecule has 3 fully saturated rings. The van der Waals surface area contributed by atoms with Gasteiger partial charge in [0.1, 0.15) is 11.6 Å². The van der Waals surface area contributed by atoms with Crippen molar-refractivity contribution >= 4 is 34.2 Å². The number of hydrogen-bond acceptors (Lipinski definition) is 5. The summed E-state index contributed by atoms with van der Waals surface area (Å²) in [4.78, 5) is 42.9. The van der Waals surface area contributed by atoms with Crippen LogP contribution in [0.5, 0.6) is 0 Å². The lowest BCUT2D eigenvalue weighted by molar-refractivity contribution is -0.145. The molecule has 7 atom stereocenters. The van der Waals surface area contributed by atoms with E-state index >= 15 is 0 Å². The molecule has 2 bridgehead atoms. The van der Waals surface area contributed by atoms with Crippen molar-refractivity contribution in [1.82, 2.24) is 10.2 Å². The molecule has 0 radical (unpaired) electrons. The lowest BCUT2D eigenvalue weighted by Crippen LogP contribution is -2.57. The van der Waals surface area contributed by atoms with E-state index in [9.17, 15) is 19.5 Å². The third-order valence-corrected chi connectivity index (χ3v) is 8.70. The minimum absolute atomic E-state index is 0.0373. The number of ether oxygens (including phenoxy) is 1. The first-order valence-corrected chi connectivity index (χ1v) is 13.5. The first kappa shape index (κ1) is 25.7. The lowest BCUT2D eigenvalue weighted by atomic mass is 9.70. The van der Waals surface area contributed by atoms with E-state index in [1.165, 1.54) is 0 Å². The van der Waals surface area contributed by atoms with E-state index in [0.29, 0.717) is 25.1 Å². The minimum Gasteiger partial charge on any atom is -0.394 e. The predicted octanol–water partition coefficient (Wildman–Crippen LogP) is 3.09. The van der Waals surface area contributed by atoms with E-state index in [1.807, 2.05) is 63.2 Å². The van der Waals surface area contributed by atoms with Crippen LogP contribution in [0, 0.1) is 17.8 Å². The summed E-state index contributed by atoms with van der Waals surface area (Å²) in [6.45, 7) is 6.21. The molecule has 3 aliphatic rings. The Morgan fingerprint density at radius 1 is 1.16 bits per heavy atom. The van der Waals surface area contributed by atoms with E-state index in [0.717, 1.165) is 23.6 Å². The number of carbonyl (C=O) groups is 3. The van der Waals surface area contributed by atoms with E-state index in [-0.39, 0.29) is 36.4 Å². The number of nitrogens with one attached hydrogen (secondary N) is 2. The van der Waals surface area contributed by atoms with Gasteiger partial charge in [0.25, 0.3) is 0 Å². The normalized spacial score (nSPS) is 29.8. The van der Waals surface area contributed by atoms with Gasteiger partial charge >= 0.3 is 0 Å². The van der Waals surface area contributed by atoms with Gasteiger partial charge in [-0.05, 0) is 48.1 Å². The highest BCUT2D eigenvalue weighted by Crippen LogP contribution is 2.59. The van der Waals surface area contributed by atoms with Crippen molar-refractivity contribution in [2.24, 2.45) is 17.8 Å². The molecule has 37 heavy (non-hydrogen) atoms. The standard InChI is InChI=1S/C29H37N3O5/c1-4-14-30-26(34)23-22-12-13-29(37-22)24(23)28(36)32(21(16-33)17(3)5-2)25(29)27(35)31-20-11-10-18-8-6-7-9-19(18)15-20/h6-11,15,17,21-25,33H,4-5,12-14,16H2,1-3H3,(H,30,34)(H,31,35)/t17-,21-,22-,23+,24-,25?,29?/m0/s1. The molecule has 8 nitrogen and oxygen atoms in total. The number of carbonyl (C=O) groups excluding carboxylic acids is 3. The van der Waals surface area contributed by atoms with Crippen molar-refractivity contribution in [3.05, 3.63) is 42.5 Å². The molecule has 3 aliphatic heterocycles. The van der Waals surface area contributed by atoms with E-state index in [2.05, 4.69) is 10.6 Å². The van der Waals surface area contributed by atoms with Gasteiger partial charge in [-0.3, -0.25) is 14.4 Å². The highest BCUT2D eigenvalue weighted by atomic mass is 16.5. The quantitative estimate of drug-likeness (QED) is 0.484. The molecule has 2 unspecified atom stereocenters. The minimum atomic E-state index is -1.09. The van der Waals surface area contributed by atoms with Crippen LogP contribution < -0.4 is 10.6 Å². The second-order valence-corrected chi connectivity index (χ2v) is 10.8. The maximum Gasteiger partial charge on any atom is 0.250 e. The molecule has 8 heteroatoms. The van der Waals surface area contributed by atoms with Gasteiger partial charge < -0.3 is 25.4 Å². The Morgan fingerprint density at radius 2 is 1.92 bits per heavy atom. The Labute approximate surface area is 217 Å². The van der Waals surface area contributed by atoms with E-state index in [1.54, 1.807) is 4.90 Å². The zero-order chi connectivity index (χ0) is 26.3. The second kappa shape index (κ2) is 10.1. The summed E-state index contributed by atoms with van der Waals surface area (Å²) in [5, 5.41) is 18.4. The fourth-order valence-electron chi connectivity index (χ4n) is 6.71. The molecule has 0 aliphatic carbocycles. The molecule has 5 rings (SSSR count). The molecule has 0 saturated carbocycles. The monoisotopic (exact) mass is 507 g/mol. The van der Waals surface area contributed by atoms with Gasteiger partial charge in [0.05, 0.1) is 30.6 Å². The molecular weight excluding hydrogens is 470 g/mol. The van der Waals surface area contributed by atoms with Crippen LogP contribution in [0.2, 0.25) is 0 Å². The molecule has 198 valence electrons. The third kappa shape index (κ3) is 4.10. The molecule has 2 aromatic rings. The van der Waals surface area contributed by atoms with Gasteiger partial charge in [-0.25, -0.2) is 0 Å². The van der Waals surface area contributed by atoms with E-state index in [4.69, 9.17) is 4.74 Å². The van der Waals surface area contributed by atoms with Crippen LogP contribution in [-0.4, -0.2) is 64.7 Å². The first-order chi connectivity index (χ1) is 17.9. The predicted molar refractivity (Wildman–Crippen MR) is 141 cm³/mol. The number of amides is 3. The summed E-state index contributed by atoms with van der Waals surface area (Å²) in [5.41, 5.74) is -0.456. The van der Waals surface area contributed by atoms with Crippen molar-refractivity contribution in [1.29, 1.82) is 0 Å². The molecule has 1 spiro atoms. The van der Waals surface area contributed by atoms with E-state index < -0.39 is 29.5 Å². The molecule has 3 N–H and O–H groups in total. The zero-order valence-corrected chi connectivity index (χ0v) is 21.8. The summed E-state index contributed by atoms with van der Waals surface area (Å²) in [7, 11) is 0. The SMILES string of the molecule is CCCNC(=O)[C@@H]1[C@@H]2CCC3(O2)C(C(=O)Nc2ccc4ccccc4c2)N([C@@H](CO)[C@@H](C)CC)C(=O)[C@H]13. The van der Waals surface area contributed by atoms with Gasteiger partial charge in [0.15, 0.2) is 0 Å². The Balaban J connectivity index is 1.53. The van der Waals surface area contributed by atoms with Crippen molar-refractivity contribution < 1.29 is 24.2 Å². The maximum atomic E-state index is 14.1. The second-order valence-electron chi connectivity index (χ2n) is 10.8. The fraction of sp³-hybridized carbons (Fsp3) is 0.552. The molecule has 3 heterocycles. The molecular formula is C29H37N3O5. The summed E-state index contributed by atoms with van der Waals surface area (Å²) in [5.74, 6) is -2.21. The highest BCUT2D eigenvalue weighted by molar-refractivity contribution is 6.04. The van der Waals surface area contributed by atoms with Crippen molar-refractivity contribution in [2.45, 2.75) is 70.2 Å². The van der Waals surface area contributed by atoms with Crippen LogP contribution in [0.25, 0.3) is 10.8 Å². The Kier molecular flexibility index (Phi) is 6.98. The molecule has 2 aromatic carbocycles. The average Bonchev–Trinajstić information content (AvgIpc) is 3.55. The Bertz CT molecular complexity index is 1200. The Morgan fingerprint density at radius 3 is 2.62 bits per heavy atom. The molecule has 3 saturated heterocycles. The number of aliphatic hydroxyl groups is 1. The number of fused-ring (bicyclic) bond motifs is 2. The zero-order valence-electron chi connectivity index (χ0n) is 21.8. The Hall–Kier alpha value is -2.97. The summed E-state index contributed by atoms with van der Waals surface area (Å²) >= 11 is 0. The number of benzene rings is 2. The first-order valence-electron chi connectivity index (χ1n) is 13.5. The van der Waals surface area contributed by atoms with Crippen molar-refractivity contribution in [2.75, 3.05) is 18.5 Å². The number of aliphatic hydroxyl groups excluding tert-OH is 1. The average molecular weight is 508 g/mol. The largest absolute Gasteiger partial charge is 0.394 e.